The highest BCUT2D eigenvalue weighted by atomic mass is 16.5. The Kier molecular flexibility index (Phi) is 6.21. The molecule has 7 heteroatoms. The van der Waals surface area contributed by atoms with Gasteiger partial charge in [-0.05, 0) is 61.0 Å². The number of para-hydroxylation sites is 1. The Labute approximate surface area is 208 Å². The standard InChI is InChI=1S/C29H24O7/c1-17-20(12-19-6-4-5-7-24(19)35-17)14-28-29(31)22-10-9-21(15-26(22)36-28)34-16-23(30)18-8-11-25(32-2)27(13-18)33-3/h4-15,17H,16H2,1-3H3/t17-/m0/s1. The van der Waals surface area contributed by atoms with E-state index in [0.29, 0.717) is 34.1 Å². The zero-order valence-corrected chi connectivity index (χ0v) is 20.1. The number of ether oxygens (including phenoxy) is 5. The summed E-state index contributed by atoms with van der Waals surface area (Å²) in [5, 5.41) is 0. The van der Waals surface area contributed by atoms with Gasteiger partial charge in [0.1, 0.15) is 23.4 Å². The maximum atomic E-state index is 12.9. The van der Waals surface area contributed by atoms with Crippen molar-refractivity contribution in [1.29, 1.82) is 0 Å². The lowest BCUT2D eigenvalue weighted by molar-refractivity contribution is 0.0920. The van der Waals surface area contributed by atoms with Crippen LogP contribution in [0.4, 0.5) is 0 Å². The van der Waals surface area contributed by atoms with E-state index in [4.69, 9.17) is 23.7 Å². The molecule has 0 fully saturated rings. The van der Waals surface area contributed by atoms with Gasteiger partial charge < -0.3 is 23.7 Å². The van der Waals surface area contributed by atoms with E-state index in [-0.39, 0.29) is 30.0 Å². The molecule has 0 aliphatic carbocycles. The zero-order valence-electron chi connectivity index (χ0n) is 20.1. The second-order valence-corrected chi connectivity index (χ2v) is 8.32. The molecule has 2 heterocycles. The van der Waals surface area contributed by atoms with Crippen molar-refractivity contribution in [3.05, 3.63) is 94.8 Å². The normalized spacial score (nSPS) is 16.9. The van der Waals surface area contributed by atoms with Crippen molar-refractivity contribution in [2.75, 3.05) is 20.8 Å². The number of fused-ring (bicyclic) bond motifs is 2. The Hall–Kier alpha value is -4.52. The largest absolute Gasteiger partial charge is 0.493 e. The summed E-state index contributed by atoms with van der Waals surface area (Å²) in [5.74, 6) is 2.37. The molecule has 5 rings (SSSR count). The molecule has 36 heavy (non-hydrogen) atoms. The van der Waals surface area contributed by atoms with Crippen LogP contribution in [0.1, 0.15) is 33.2 Å². The van der Waals surface area contributed by atoms with Gasteiger partial charge in [-0.3, -0.25) is 9.59 Å². The minimum atomic E-state index is -0.229. The molecule has 2 aliphatic rings. The minimum Gasteiger partial charge on any atom is -0.493 e. The average molecular weight is 485 g/mol. The van der Waals surface area contributed by atoms with E-state index in [0.717, 1.165) is 16.9 Å². The van der Waals surface area contributed by atoms with Crippen LogP contribution in [0, 0.1) is 0 Å². The SMILES string of the molecule is COc1ccc(C(=O)COc2ccc3c(c2)OC(=CC2=Cc4ccccc4O[C@H]2C)C3=O)cc1OC. The summed E-state index contributed by atoms with van der Waals surface area (Å²) in [7, 11) is 3.04. The van der Waals surface area contributed by atoms with Crippen molar-refractivity contribution < 1.29 is 33.3 Å². The minimum absolute atomic E-state index is 0.188. The van der Waals surface area contributed by atoms with Crippen LogP contribution in [0.15, 0.2) is 78.1 Å². The number of allylic oxidation sites excluding steroid dienone is 1. The van der Waals surface area contributed by atoms with Crippen molar-refractivity contribution in [3.8, 4) is 28.7 Å². The fourth-order valence-electron chi connectivity index (χ4n) is 4.07. The van der Waals surface area contributed by atoms with Crippen LogP contribution in [0.2, 0.25) is 0 Å². The van der Waals surface area contributed by atoms with E-state index in [2.05, 4.69) is 0 Å². The van der Waals surface area contributed by atoms with Gasteiger partial charge in [-0.2, -0.15) is 0 Å². The number of rotatable bonds is 7. The average Bonchev–Trinajstić information content (AvgIpc) is 3.21. The third-order valence-electron chi connectivity index (χ3n) is 6.03. The second-order valence-electron chi connectivity index (χ2n) is 8.32. The molecule has 0 aromatic heterocycles. The zero-order chi connectivity index (χ0) is 25.2. The van der Waals surface area contributed by atoms with Crippen LogP contribution in [-0.2, 0) is 0 Å². The summed E-state index contributed by atoms with van der Waals surface area (Å²) >= 11 is 0. The van der Waals surface area contributed by atoms with E-state index in [1.165, 1.54) is 14.2 Å². The van der Waals surface area contributed by atoms with Crippen molar-refractivity contribution in [2.24, 2.45) is 0 Å². The van der Waals surface area contributed by atoms with Crippen molar-refractivity contribution in [2.45, 2.75) is 13.0 Å². The number of carbonyl (C=O) groups is 2. The monoisotopic (exact) mass is 484 g/mol. The lowest BCUT2D eigenvalue weighted by Crippen LogP contribution is -2.18. The maximum absolute atomic E-state index is 12.9. The van der Waals surface area contributed by atoms with Crippen LogP contribution in [-0.4, -0.2) is 38.5 Å². The number of methoxy groups -OCH3 is 2. The molecular formula is C29H24O7. The Morgan fingerprint density at radius 3 is 2.58 bits per heavy atom. The number of hydrogen-bond acceptors (Lipinski definition) is 7. The van der Waals surface area contributed by atoms with E-state index < -0.39 is 0 Å². The highest BCUT2D eigenvalue weighted by Crippen LogP contribution is 2.36. The van der Waals surface area contributed by atoms with E-state index in [9.17, 15) is 9.59 Å². The molecule has 0 radical (unpaired) electrons. The van der Waals surface area contributed by atoms with Gasteiger partial charge in [0.15, 0.2) is 29.6 Å². The van der Waals surface area contributed by atoms with Gasteiger partial charge in [0, 0.05) is 17.2 Å². The summed E-state index contributed by atoms with van der Waals surface area (Å²) in [4.78, 5) is 25.5. The van der Waals surface area contributed by atoms with Crippen molar-refractivity contribution >= 4 is 17.6 Å². The number of benzene rings is 3. The van der Waals surface area contributed by atoms with Crippen LogP contribution >= 0.6 is 0 Å². The summed E-state index contributed by atoms with van der Waals surface area (Å²) in [6, 6.07) is 17.5. The quantitative estimate of drug-likeness (QED) is 0.333. The highest BCUT2D eigenvalue weighted by molar-refractivity contribution is 6.12. The molecule has 0 bridgehead atoms. The summed E-state index contributed by atoms with van der Waals surface area (Å²) in [6.07, 6.45) is 3.48. The van der Waals surface area contributed by atoms with Crippen LogP contribution < -0.4 is 23.7 Å². The first-order chi connectivity index (χ1) is 17.5. The van der Waals surface area contributed by atoms with Crippen LogP contribution in [0.5, 0.6) is 28.7 Å². The first-order valence-electron chi connectivity index (χ1n) is 11.4. The molecule has 0 amide bonds. The van der Waals surface area contributed by atoms with Gasteiger partial charge in [-0.15, -0.1) is 0 Å². The van der Waals surface area contributed by atoms with Crippen molar-refractivity contribution in [1.82, 2.24) is 0 Å². The molecule has 0 unspecified atom stereocenters. The van der Waals surface area contributed by atoms with Gasteiger partial charge in [-0.1, -0.05) is 18.2 Å². The van der Waals surface area contributed by atoms with Crippen LogP contribution in [0.3, 0.4) is 0 Å². The summed E-state index contributed by atoms with van der Waals surface area (Å²) < 4.78 is 28.0. The fourth-order valence-corrected chi connectivity index (χ4v) is 4.07. The lowest BCUT2D eigenvalue weighted by atomic mass is 10.0. The molecule has 7 nitrogen and oxygen atoms in total. The Morgan fingerprint density at radius 1 is 0.972 bits per heavy atom. The molecule has 3 aromatic rings. The predicted molar refractivity (Wildman–Crippen MR) is 133 cm³/mol. The molecule has 182 valence electrons. The smallest absolute Gasteiger partial charge is 0.231 e. The van der Waals surface area contributed by atoms with E-state index in [1.807, 2.05) is 37.3 Å². The first-order valence-corrected chi connectivity index (χ1v) is 11.4. The lowest BCUT2D eigenvalue weighted by Gasteiger charge is -2.22. The first kappa shape index (κ1) is 23.2. The highest BCUT2D eigenvalue weighted by Gasteiger charge is 2.29. The third-order valence-corrected chi connectivity index (χ3v) is 6.03. The Balaban J connectivity index is 1.30. The fraction of sp³-hybridized carbons (Fsp3) is 0.172. The Bertz CT molecular complexity index is 1420. The number of ketones is 2. The van der Waals surface area contributed by atoms with Crippen LogP contribution in [0.25, 0.3) is 6.08 Å². The second kappa shape index (κ2) is 9.62. The molecule has 0 saturated carbocycles. The third kappa shape index (κ3) is 4.43. The Morgan fingerprint density at radius 2 is 1.78 bits per heavy atom. The van der Waals surface area contributed by atoms with E-state index >= 15 is 0 Å². The van der Waals surface area contributed by atoms with Gasteiger partial charge in [0.25, 0.3) is 0 Å². The molecule has 1 atom stereocenters. The van der Waals surface area contributed by atoms with Gasteiger partial charge in [-0.25, -0.2) is 0 Å². The molecule has 0 spiro atoms. The molecular weight excluding hydrogens is 460 g/mol. The molecule has 0 saturated heterocycles. The molecule has 3 aromatic carbocycles. The van der Waals surface area contributed by atoms with Gasteiger partial charge in [0.05, 0.1) is 19.8 Å². The van der Waals surface area contributed by atoms with Crippen molar-refractivity contribution in [3.63, 3.8) is 0 Å². The number of Topliss-reactive ketones (excluding diaryl/α,β-unsaturated/α-hetero) is 2. The van der Waals surface area contributed by atoms with Gasteiger partial charge >= 0.3 is 0 Å². The molecule has 2 aliphatic heterocycles. The van der Waals surface area contributed by atoms with E-state index in [1.54, 1.807) is 42.5 Å². The molecule has 0 N–H and O–H groups in total. The van der Waals surface area contributed by atoms with Gasteiger partial charge in [0.2, 0.25) is 5.78 Å². The summed E-state index contributed by atoms with van der Waals surface area (Å²) in [6.45, 7) is 1.73. The maximum Gasteiger partial charge on any atom is 0.231 e. The number of carbonyl (C=O) groups excluding carboxylic acids is 2. The predicted octanol–water partition coefficient (Wildman–Crippen LogP) is 5.29. The summed E-state index contributed by atoms with van der Waals surface area (Å²) in [5.41, 5.74) is 2.65. The topological polar surface area (TPSA) is 80.3 Å². The number of hydrogen-bond donors (Lipinski definition) is 0.